The summed E-state index contributed by atoms with van der Waals surface area (Å²) < 4.78 is 0. The Morgan fingerprint density at radius 3 is 2.54 bits per heavy atom. The molecule has 0 saturated carbocycles. The lowest BCUT2D eigenvalue weighted by molar-refractivity contribution is 0.143. The van der Waals surface area contributed by atoms with Crippen molar-refractivity contribution in [1.82, 2.24) is 19.8 Å². The number of carbonyl (C=O) groups is 1. The van der Waals surface area contributed by atoms with Gasteiger partial charge in [-0.15, -0.1) is 0 Å². The van der Waals surface area contributed by atoms with Crippen molar-refractivity contribution in [2.75, 3.05) is 31.5 Å². The van der Waals surface area contributed by atoms with Crippen LogP contribution < -0.4 is 5.32 Å². The molecule has 0 spiro atoms. The molecule has 0 bridgehead atoms. The number of para-hydroxylation sites is 1. The molecule has 1 aliphatic heterocycles. The van der Waals surface area contributed by atoms with E-state index >= 15 is 0 Å². The molecule has 1 N–H and O–H groups in total. The van der Waals surface area contributed by atoms with Crippen molar-refractivity contribution in [3.63, 3.8) is 0 Å². The van der Waals surface area contributed by atoms with Crippen molar-refractivity contribution in [3.05, 3.63) is 66.0 Å². The normalized spacial score (nSPS) is 15.0. The van der Waals surface area contributed by atoms with Crippen molar-refractivity contribution in [3.8, 4) is 0 Å². The third-order valence-corrected chi connectivity index (χ3v) is 5.24. The highest BCUT2D eigenvalue weighted by atomic mass is 16.2. The first-order valence-electron chi connectivity index (χ1n) is 9.79. The molecule has 0 unspecified atom stereocenters. The Labute approximate surface area is 165 Å². The topological polar surface area (TPSA) is 61.4 Å². The van der Waals surface area contributed by atoms with Gasteiger partial charge >= 0.3 is 6.03 Å². The number of nitrogens with zero attached hydrogens (tertiary/aromatic N) is 4. The van der Waals surface area contributed by atoms with Crippen LogP contribution in [0, 0.1) is 0 Å². The molecule has 1 aromatic heterocycles. The molecule has 2 amide bonds. The van der Waals surface area contributed by atoms with Crippen LogP contribution in [-0.2, 0) is 13.0 Å². The van der Waals surface area contributed by atoms with E-state index in [0.717, 1.165) is 61.4 Å². The van der Waals surface area contributed by atoms with E-state index in [2.05, 4.69) is 45.3 Å². The maximum Gasteiger partial charge on any atom is 0.321 e. The van der Waals surface area contributed by atoms with E-state index in [0.29, 0.717) is 0 Å². The van der Waals surface area contributed by atoms with Crippen LogP contribution in [0.1, 0.15) is 18.1 Å². The maximum absolute atomic E-state index is 12.6. The number of anilines is 1. The van der Waals surface area contributed by atoms with E-state index < -0.39 is 0 Å². The summed E-state index contributed by atoms with van der Waals surface area (Å²) in [6.45, 7) is 6.15. The molecule has 2 aromatic carbocycles. The fourth-order valence-electron chi connectivity index (χ4n) is 3.62. The van der Waals surface area contributed by atoms with E-state index in [-0.39, 0.29) is 6.03 Å². The molecule has 0 atom stereocenters. The van der Waals surface area contributed by atoms with Crippen LogP contribution in [0.4, 0.5) is 10.5 Å². The summed E-state index contributed by atoms with van der Waals surface area (Å²) in [5.41, 5.74) is 5.14. The first-order chi connectivity index (χ1) is 13.7. The highest BCUT2D eigenvalue weighted by Crippen LogP contribution is 2.17. The largest absolute Gasteiger partial charge is 0.322 e. The average molecular weight is 375 g/mol. The van der Waals surface area contributed by atoms with E-state index in [9.17, 15) is 4.79 Å². The van der Waals surface area contributed by atoms with Gasteiger partial charge in [0.25, 0.3) is 0 Å². The minimum atomic E-state index is -0.0125. The summed E-state index contributed by atoms with van der Waals surface area (Å²) in [6, 6.07) is 14.2. The van der Waals surface area contributed by atoms with Gasteiger partial charge in [-0.25, -0.2) is 4.79 Å². The molecule has 4 rings (SSSR count). The molecule has 0 aliphatic carbocycles. The number of aromatic nitrogens is 2. The molecule has 6 nitrogen and oxygen atoms in total. The van der Waals surface area contributed by atoms with Gasteiger partial charge in [-0.3, -0.25) is 14.9 Å². The van der Waals surface area contributed by atoms with Gasteiger partial charge < -0.3 is 10.2 Å². The monoisotopic (exact) mass is 375 g/mol. The zero-order chi connectivity index (χ0) is 19.3. The second-order valence-corrected chi connectivity index (χ2v) is 7.08. The summed E-state index contributed by atoms with van der Waals surface area (Å²) in [7, 11) is 0. The van der Waals surface area contributed by atoms with Gasteiger partial charge in [0.1, 0.15) is 0 Å². The summed E-state index contributed by atoms with van der Waals surface area (Å²) in [5.74, 6) is 0. The lowest BCUT2D eigenvalue weighted by Crippen LogP contribution is -2.49. The summed E-state index contributed by atoms with van der Waals surface area (Å²) in [5, 5.41) is 3.07. The Hall–Kier alpha value is -2.99. The van der Waals surface area contributed by atoms with Crippen LogP contribution in [0.3, 0.4) is 0 Å². The lowest BCUT2D eigenvalue weighted by atomic mass is 10.1. The number of rotatable bonds is 4. The number of aryl methyl sites for hydroxylation is 1. The second kappa shape index (κ2) is 8.35. The van der Waals surface area contributed by atoms with Crippen LogP contribution >= 0.6 is 0 Å². The van der Waals surface area contributed by atoms with E-state index in [1.54, 1.807) is 12.4 Å². The molecular formula is C22H25N5O. The van der Waals surface area contributed by atoms with Gasteiger partial charge in [-0.05, 0) is 35.7 Å². The molecule has 0 radical (unpaired) electrons. The second-order valence-electron chi connectivity index (χ2n) is 7.08. The van der Waals surface area contributed by atoms with Gasteiger partial charge in [0.05, 0.1) is 11.0 Å². The lowest BCUT2D eigenvalue weighted by Gasteiger charge is -2.34. The smallest absolute Gasteiger partial charge is 0.321 e. The minimum absolute atomic E-state index is 0.0125. The third-order valence-electron chi connectivity index (χ3n) is 5.24. The number of benzene rings is 2. The molecule has 1 saturated heterocycles. The highest BCUT2D eigenvalue weighted by Gasteiger charge is 2.21. The van der Waals surface area contributed by atoms with Gasteiger partial charge in [0.15, 0.2) is 0 Å². The molecular weight excluding hydrogens is 350 g/mol. The van der Waals surface area contributed by atoms with Crippen molar-refractivity contribution in [1.29, 1.82) is 0 Å². The molecule has 6 heteroatoms. The van der Waals surface area contributed by atoms with Gasteiger partial charge in [0, 0.05) is 50.8 Å². The summed E-state index contributed by atoms with van der Waals surface area (Å²) in [4.78, 5) is 25.6. The highest BCUT2D eigenvalue weighted by molar-refractivity contribution is 5.90. The first-order valence-corrected chi connectivity index (χ1v) is 9.79. The number of amides is 2. The van der Waals surface area contributed by atoms with Crippen LogP contribution in [0.15, 0.2) is 54.9 Å². The van der Waals surface area contributed by atoms with E-state index in [4.69, 9.17) is 0 Å². The van der Waals surface area contributed by atoms with Crippen LogP contribution in [-0.4, -0.2) is 52.0 Å². The number of fused-ring (bicyclic) bond motifs is 1. The number of hydrogen-bond donors (Lipinski definition) is 1. The number of urea groups is 1. The fourth-order valence-corrected chi connectivity index (χ4v) is 3.62. The molecule has 28 heavy (non-hydrogen) atoms. The Morgan fingerprint density at radius 1 is 1.00 bits per heavy atom. The minimum Gasteiger partial charge on any atom is -0.322 e. The van der Waals surface area contributed by atoms with Crippen molar-refractivity contribution >= 4 is 22.8 Å². The number of hydrogen-bond acceptors (Lipinski definition) is 4. The van der Waals surface area contributed by atoms with Crippen LogP contribution in [0.5, 0.6) is 0 Å². The Bertz CT molecular complexity index is 966. The van der Waals surface area contributed by atoms with E-state index in [1.807, 2.05) is 29.2 Å². The predicted molar refractivity (Wildman–Crippen MR) is 111 cm³/mol. The van der Waals surface area contributed by atoms with Crippen LogP contribution in [0.25, 0.3) is 11.0 Å². The number of piperazine rings is 1. The average Bonchev–Trinajstić information content (AvgIpc) is 2.74. The fraction of sp³-hybridized carbons (Fsp3) is 0.318. The zero-order valence-corrected chi connectivity index (χ0v) is 16.1. The molecule has 1 aliphatic rings. The quantitative estimate of drug-likeness (QED) is 0.758. The third kappa shape index (κ3) is 4.12. The predicted octanol–water partition coefficient (Wildman–Crippen LogP) is 3.54. The summed E-state index contributed by atoms with van der Waals surface area (Å²) in [6.07, 6.45) is 4.34. The Kier molecular flexibility index (Phi) is 5.48. The SMILES string of the molecule is CCc1ccccc1NC(=O)N1CCN(Cc2ccc3nccnc3c2)CC1. The standard InChI is InChI=1S/C22H25N5O/c1-2-18-5-3-4-6-19(18)25-22(28)27-13-11-26(12-14-27)16-17-7-8-20-21(15-17)24-10-9-23-20/h3-10,15H,2,11-14,16H2,1H3,(H,25,28). The zero-order valence-electron chi connectivity index (χ0n) is 16.1. The number of carbonyl (C=O) groups excluding carboxylic acids is 1. The molecule has 3 aromatic rings. The van der Waals surface area contributed by atoms with Crippen molar-refractivity contribution < 1.29 is 4.79 Å². The summed E-state index contributed by atoms with van der Waals surface area (Å²) >= 11 is 0. The van der Waals surface area contributed by atoms with Gasteiger partial charge in [0.2, 0.25) is 0 Å². The van der Waals surface area contributed by atoms with Crippen LogP contribution in [0.2, 0.25) is 0 Å². The Morgan fingerprint density at radius 2 is 1.75 bits per heavy atom. The molecule has 144 valence electrons. The molecule has 2 heterocycles. The molecule has 1 fully saturated rings. The number of nitrogens with one attached hydrogen (secondary N) is 1. The van der Waals surface area contributed by atoms with E-state index in [1.165, 1.54) is 5.56 Å². The Balaban J connectivity index is 1.33. The maximum atomic E-state index is 12.6. The van der Waals surface area contributed by atoms with Gasteiger partial charge in [-0.1, -0.05) is 31.2 Å². The van der Waals surface area contributed by atoms with Crippen molar-refractivity contribution in [2.45, 2.75) is 19.9 Å². The van der Waals surface area contributed by atoms with Crippen molar-refractivity contribution in [2.24, 2.45) is 0 Å². The van der Waals surface area contributed by atoms with Gasteiger partial charge in [-0.2, -0.15) is 0 Å². The first kappa shape index (κ1) is 18.4.